The summed E-state index contributed by atoms with van der Waals surface area (Å²) >= 11 is 0. The lowest BCUT2D eigenvalue weighted by Gasteiger charge is -2.18. The lowest BCUT2D eigenvalue weighted by molar-refractivity contribution is -0.127. The predicted octanol–water partition coefficient (Wildman–Crippen LogP) is 2.13. The van der Waals surface area contributed by atoms with E-state index in [2.05, 4.69) is 33.0 Å². The van der Waals surface area contributed by atoms with E-state index in [1.807, 2.05) is 4.90 Å². The predicted molar refractivity (Wildman–Crippen MR) is 71.8 cm³/mol. The van der Waals surface area contributed by atoms with E-state index in [-0.39, 0.29) is 0 Å². The number of hydrogen-bond acceptors (Lipinski definition) is 2. The Bertz CT molecular complexity index is 238. The van der Waals surface area contributed by atoms with E-state index in [0.717, 1.165) is 39.0 Å². The van der Waals surface area contributed by atoms with Gasteiger partial charge in [-0.25, -0.2) is 0 Å². The molecule has 3 heteroatoms. The second kappa shape index (κ2) is 7.00. The van der Waals surface area contributed by atoms with Gasteiger partial charge in [0.2, 0.25) is 5.91 Å². The van der Waals surface area contributed by atoms with E-state index in [0.29, 0.717) is 23.7 Å². The molecule has 0 aromatic carbocycles. The highest BCUT2D eigenvalue weighted by Crippen LogP contribution is 2.24. The molecule has 3 nitrogen and oxygen atoms in total. The molecule has 1 aliphatic rings. The van der Waals surface area contributed by atoms with Gasteiger partial charge in [-0.3, -0.25) is 4.79 Å². The monoisotopic (exact) mass is 240 g/mol. The zero-order chi connectivity index (χ0) is 12.8. The third-order valence-electron chi connectivity index (χ3n) is 3.52. The first kappa shape index (κ1) is 14.5. The quantitative estimate of drug-likeness (QED) is 0.691. The number of hydrogen-bond donors (Lipinski definition) is 1. The van der Waals surface area contributed by atoms with Crippen LogP contribution in [0.4, 0.5) is 0 Å². The standard InChI is InChI=1S/C14H28N2O/c1-11(2)9-15-6-5-7-16-10-13(12(3)4)8-14(16)17/h11-13,15H,5-10H2,1-4H3. The highest BCUT2D eigenvalue weighted by Gasteiger charge is 2.30. The average Bonchev–Trinajstić information content (AvgIpc) is 2.59. The molecule has 1 N–H and O–H groups in total. The summed E-state index contributed by atoms with van der Waals surface area (Å²) in [7, 11) is 0. The normalized spacial score (nSPS) is 20.9. The molecule has 1 aliphatic heterocycles. The van der Waals surface area contributed by atoms with Crippen LogP contribution in [0.3, 0.4) is 0 Å². The van der Waals surface area contributed by atoms with Gasteiger partial charge in [0.1, 0.15) is 0 Å². The number of nitrogens with one attached hydrogen (secondary N) is 1. The lowest BCUT2D eigenvalue weighted by Crippen LogP contribution is -2.30. The van der Waals surface area contributed by atoms with Gasteiger partial charge in [0.25, 0.3) is 0 Å². The van der Waals surface area contributed by atoms with E-state index in [4.69, 9.17) is 0 Å². The van der Waals surface area contributed by atoms with Crippen molar-refractivity contribution in [1.29, 1.82) is 0 Å². The molecule has 0 aliphatic carbocycles. The molecule has 0 bridgehead atoms. The molecule has 0 aromatic heterocycles. The van der Waals surface area contributed by atoms with Crippen LogP contribution in [0.25, 0.3) is 0 Å². The van der Waals surface area contributed by atoms with Crippen LogP contribution in [0.5, 0.6) is 0 Å². The molecule has 0 spiro atoms. The van der Waals surface area contributed by atoms with Gasteiger partial charge in [-0.05, 0) is 37.3 Å². The highest BCUT2D eigenvalue weighted by atomic mass is 16.2. The Labute approximate surface area is 106 Å². The molecule has 1 heterocycles. The summed E-state index contributed by atoms with van der Waals surface area (Å²) in [6, 6.07) is 0. The van der Waals surface area contributed by atoms with Crippen molar-refractivity contribution < 1.29 is 4.79 Å². The fourth-order valence-electron chi connectivity index (χ4n) is 2.25. The number of likely N-dealkylation sites (tertiary alicyclic amines) is 1. The van der Waals surface area contributed by atoms with Crippen molar-refractivity contribution in [3.05, 3.63) is 0 Å². The molecule has 1 saturated heterocycles. The summed E-state index contributed by atoms with van der Waals surface area (Å²) in [5.74, 6) is 2.26. The van der Waals surface area contributed by atoms with E-state index < -0.39 is 0 Å². The van der Waals surface area contributed by atoms with Crippen LogP contribution in [0.1, 0.15) is 40.5 Å². The first-order valence-corrected chi connectivity index (χ1v) is 6.99. The van der Waals surface area contributed by atoms with Gasteiger partial charge in [-0.1, -0.05) is 27.7 Å². The Balaban J connectivity index is 2.13. The molecular formula is C14H28N2O. The Hall–Kier alpha value is -0.570. The molecule has 100 valence electrons. The Morgan fingerprint density at radius 1 is 1.35 bits per heavy atom. The second-order valence-electron chi connectivity index (χ2n) is 6.00. The van der Waals surface area contributed by atoms with Gasteiger partial charge < -0.3 is 10.2 Å². The summed E-state index contributed by atoms with van der Waals surface area (Å²) in [5.41, 5.74) is 0. The molecule has 1 atom stereocenters. The summed E-state index contributed by atoms with van der Waals surface area (Å²) in [4.78, 5) is 13.8. The van der Waals surface area contributed by atoms with Gasteiger partial charge in [0.05, 0.1) is 0 Å². The van der Waals surface area contributed by atoms with Crippen LogP contribution in [0.15, 0.2) is 0 Å². The Morgan fingerprint density at radius 3 is 2.59 bits per heavy atom. The number of carbonyl (C=O) groups is 1. The minimum atomic E-state index is 0.354. The van der Waals surface area contributed by atoms with E-state index in [9.17, 15) is 4.79 Å². The Morgan fingerprint density at radius 2 is 2.06 bits per heavy atom. The maximum Gasteiger partial charge on any atom is 0.222 e. The summed E-state index contributed by atoms with van der Waals surface area (Å²) in [6.07, 6.45) is 1.83. The van der Waals surface area contributed by atoms with E-state index in [1.165, 1.54) is 0 Å². The lowest BCUT2D eigenvalue weighted by atomic mass is 9.95. The molecule has 1 rings (SSSR count). The topological polar surface area (TPSA) is 32.3 Å². The molecule has 0 radical (unpaired) electrons. The van der Waals surface area contributed by atoms with Gasteiger partial charge >= 0.3 is 0 Å². The number of carbonyl (C=O) groups excluding carboxylic acids is 1. The largest absolute Gasteiger partial charge is 0.342 e. The van der Waals surface area contributed by atoms with Gasteiger partial charge in [-0.15, -0.1) is 0 Å². The van der Waals surface area contributed by atoms with Gasteiger partial charge in [0, 0.05) is 19.5 Å². The fraction of sp³-hybridized carbons (Fsp3) is 0.929. The Kier molecular flexibility index (Phi) is 5.96. The average molecular weight is 240 g/mol. The smallest absolute Gasteiger partial charge is 0.222 e. The third kappa shape index (κ3) is 5.07. The zero-order valence-corrected chi connectivity index (χ0v) is 11.8. The first-order valence-electron chi connectivity index (χ1n) is 6.99. The van der Waals surface area contributed by atoms with Gasteiger partial charge in [-0.2, -0.15) is 0 Å². The van der Waals surface area contributed by atoms with Crippen molar-refractivity contribution in [2.75, 3.05) is 26.2 Å². The molecule has 1 amide bonds. The molecular weight excluding hydrogens is 212 g/mol. The highest BCUT2D eigenvalue weighted by molar-refractivity contribution is 5.78. The van der Waals surface area contributed by atoms with Crippen molar-refractivity contribution in [1.82, 2.24) is 10.2 Å². The maximum absolute atomic E-state index is 11.8. The van der Waals surface area contributed by atoms with Crippen LogP contribution >= 0.6 is 0 Å². The van der Waals surface area contributed by atoms with Crippen LogP contribution in [-0.4, -0.2) is 37.0 Å². The number of nitrogens with zero attached hydrogens (tertiary/aromatic N) is 1. The van der Waals surface area contributed by atoms with Crippen molar-refractivity contribution in [2.45, 2.75) is 40.5 Å². The molecule has 17 heavy (non-hydrogen) atoms. The minimum absolute atomic E-state index is 0.354. The number of rotatable bonds is 7. The van der Waals surface area contributed by atoms with Crippen molar-refractivity contribution in [2.24, 2.45) is 17.8 Å². The summed E-state index contributed by atoms with van der Waals surface area (Å²) in [6.45, 7) is 12.8. The molecule has 1 unspecified atom stereocenters. The summed E-state index contributed by atoms with van der Waals surface area (Å²) < 4.78 is 0. The molecule has 0 aromatic rings. The van der Waals surface area contributed by atoms with Crippen LogP contribution in [0, 0.1) is 17.8 Å². The molecule has 1 fully saturated rings. The van der Waals surface area contributed by atoms with Crippen molar-refractivity contribution in [3.8, 4) is 0 Å². The fourth-order valence-corrected chi connectivity index (χ4v) is 2.25. The minimum Gasteiger partial charge on any atom is -0.342 e. The zero-order valence-electron chi connectivity index (χ0n) is 11.8. The van der Waals surface area contributed by atoms with Crippen molar-refractivity contribution >= 4 is 5.91 Å². The van der Waals surface area contributed by atoms with Crippen LogP contribution in [-0.2, 0) is 4.79 Å². The maximum atomic E-state index is 11.8. The van der Waals surface area contributed by atoms with Crippen LogP contribution in [0.2, 0.25) is 0 Å². The van der Waals surface area contributed by atoms with Crippen molar-refractivity contribution in [3.63, 3.8) is 0 Å². The van der Waals surface area contributed by atoms with E-state index in [1.54, 1.807) is 0 Å². The summed E-state index contributed by atoms with van der Waals surface area (Å²) in [5, 5.41) is 3.42. The second-order valence-corrected chi connectivity index (χ2v) is 6.00. The number of amides is 1. The molecule has 0 saturated carbocycles. The van der Waals surface area contributed by atoms with E-state index >= 15 is 0 Å². The first-order chi connectivity index (χ1) is 8.00. The van der Waals surface area contributed by atoms with Crippen LogP contribution < -0.4 is 5.32 Å². The third-order valence-corrected chi connectivity index (χ3v) is 3.52. The van der Waals surface area contributed by atoms with Gasteiger partial charge in [0.15, 0.2) is 0 Å². The SMILES string of the molecule is CC(C)CNCCCN1CC(C(C)C)CC1=O.